The molecule has 2 fully saturated rings. The van der Waals surface area contributed by atoms with E-state index in [4.69, 9.17) is 0 Å². The van der Waals surface area contributed by atoms with E-state index >= 15 is 0 Å². The third kappa shape index (κ3) is 3.94. The van der Waals surface area contributed by atoms with Crippen molar-refractivity contribution in [2.75, 3.05) is 4.90 Å². The molecule has 0 aliphatic heterocycles. The van der Waals surface area contributed by atoms with Crippen molar-refractivity contribution >= 4 is 17.7 Å². The van der Waals surface area contributed by atoms with Crippen molar-refractivity contribution in [3.63, 3.8) is 0 Å². The first-order chi connectivity index (χ1) is 12.5. The standard InChI is InChI=1S/C20H31N3O3/c1-14(2)23(19(24)15-9-5-3-6-10-15)18-17(20(25)26)13-22(21-18)16-11-7-4-8-12-16/h13-16H,3-12H2,1-2H3,(H,25,26). The van der Waals surface area contributed by atoms with Gasteiger partial charge in [0.1, 0.15) is 5.56 Å². The highest BCUT2D eigenvalue weighted by molar-refractivity contribution is 6.01. The predicted molar refractivity (Wildman–Crippen MR) is 101 cm³/mol. The van der Waals surface area contributed by atoms with E-state index in [1.165, 1.54) is 12.8 Å². The van der Waals surface area contributed by atoms with E-state index < -0.39 is 5.97 Å². The quantitative estimate of drug-likeness (QED) is 0.843. The van der Waals surface area contributed by atoms with Gasteiger partial charge < -0.3 is 5.11 Å². The van der Waals surface area contributed by atoms with Gasteiger partial charge in [-0.05, 0) is 39.5 Å². The minimum absolute atomic E-state index is 0.00683. The van der Waals surface area contributed by atoms with Crippen molar-refractivity contribution in [3.05, 3.63) is 11.8 Å². The molecule has 0 radical (unpaired) electrons. The van der Waals surface area contributed by atoms with Gasteiger partial charge in [0.15, 0.2) is 5.82 Å². The first-order valence-electron chi connectivity index (χ1n) is 10.1. The number of carboxylic acid groups (broad SMARTS) is 1. The van der Waals surface area contributed by atoms with Gasteiger partial charge >= 0.3 is 5.97 Å². The Labute approximate surface area is 155 Å². The first kappa shape index (κ1) is 18.9. The summed E-state index contributed by atoms with van der Waals surface area (Å²) >= 11 is 0. The molecule has 1 N–H and O–H groups in total. The fourth-order valence-corrected chi connectivity index (χ4v) is 4.39. The lowest BCUT2D eigenvalue weighted by molar-refractivity contribution is -0.123. The number of rotatable bonds is 5. The number of carbonyl (C=O) groups is 2. The molecule has 6 nitrogen and oxygen atoms in total. The zero-order valence-corrected chi connectivity index (χ0v) is 16.0. The van der Waals surface area contributed by atoms with E-state index in [-0.39, 0.29) is 29.5 Å². The topological polar surface area (TPSA) is 75.4 Å². The Balaban J connectivity index is 1.93. The zero-order chi connectivity index (χ0) is 18.7. The van der Waals surface area contributed by atoms with Crippen LogP contribution in [0.2, 0.25) is 0 Å². The molecule has 2 saturated carbocycles. The molecule has 26 heavy (non-hydrogen) atoms. The van der Waals surface area contributed by atoms with Crippen molar-refractivity contribution in [3.8, 4) is 0 Å². The molecule has 2 aliphatic rings. The zero-order valence-electron chi connectivity index (χ0n) is 16.0. The van der Waals surface area contributed by atoms with Gasteiger partial charge in [-0.2, -0.15) is 5.10 Å². The maximum absolute atomic E-state index is 13.2. The SMILES string of the molecule is CC(C)N(C(=O)C1CCCCC1)c1nn(C2CCCCC2)cc1C(=O)O. The third-order valence-corrected chi connectivity index (χ3v) is 5.83. The van der Waals surface area contributed by atoms with Crippen LogP contribution in [0.25, 0.3) is 0 Å². The van der Waals surface area contributed by atoms with Crippen LogP contribution in [0.4, 0.5) is 5.82 Å². The smallest absolute Gasteiger partial charge is 0.341 e. The van der Waals surface area contributed by atoms with E-state index in [9.17, 15) is 14.7 Å². The summed E-state index contributed by atoms with van der Waals surface area (Å²) in [5.41, 5.74) is 0.147. The van der Waals surface area contributed by atoms with Crippen LogP contribution in [0.5, 0.6) is 0 Å². The lowest BCUT2D eigenvalue weighted by Crippen LogP contribution is -2.42. The van der Waals surface area contributed by atoms with Crippen molar-refractivity contribution in [1.29, 1.82) is 0 Å². The van der Waals surface area contributed by atoms with Gasteiger partial charge in [0.05, 0.1) is 6.04 Å². The molecule has 0 unspecified atom stereocenters. The molecular weight excluding hydrogens is 330 g/mol. The summed E-state index contributed by atoms with van der Waals surface area (Å²) in [7, 11) is 0. The van der Waals surface area contributed by atoms with Gasteiger partial charge in [0.2, 0.25) is 5.91 Å². The molecule has 0 atom stereocenters. The Morgan fingerprint density at radius 1 is 1.08 bits per heavy atom. The maximum Gasteiger partial charge on any atom is 0.341 e. The Bertz CT molecular complexity index is 641. The van der Waals surface area contributed by atoms with Crippen molar-refractivity contribution in [1.82, 2.24) is 9.78 Å². The fraction of sp³-hybridized carbons (Fsp3) is 0.750. The highest BCUT2D eigenvalue weighted by Crippen LogP contribution is 2.33. The van der Waals surface area contributed by atoms with Gasteiger partial charge in [-0.3, -0.25) is 14.4 Å². The minimum Gasteiger partial charge on any atom is -0.477 e. The number of hydrogen-bond acceptors (Lipinski definition) is 3. The van der Waals surface area contributed by atoms with E-state index in [0.717, 1.165) is 51.4 Å². The number of carbonyl (C=O) groups excluding carboxylic acids is 1. The Morgan fingerprint density at radius 3 is 2.19 bits per heavy atom. The Hall–Kier alpha value is -1.85. The second-order valence-corrected chi connectivity index (χ2v) is 8.08. The van der Waals surface area contributed by atoms with Crippen molar-refractivity contribution in [2.45, 2.75) is 90.1 Å². The van der Waals surface area contributed by atoms with E-state index in [0.29, 0.717) is 5.82 Å². The third-order valence-electron chi connectivity index (χ3n) is 5.83. The van der Waals surface area contributed by atoms with Gasteiger partial charge in [0.25, 0.3) is 0 Å². The normalized spacial score (nSPS) is 19.7. The fourth-order valence-electron chi connectivity index (χ4n) is 4.39. The van der Waals surface area contributed by atoms with Gasteiger partial charge in [-0.1, -0.05) is 38.5 Å². The summed E-state index contributed by atoms with van der Waals surface area (Å²) in [5, 5.41) is 14.3. The second-order valence-electron chi connectivity index (χ2n) is 8.08. The minimum atomic E-state index is -1.01. The number of nitrogens with zero attached hydrogens (tertiary/aromatic N) is 3. The van der Waals surface area contributed by atoms with Gasteiger partial charge in [-0.25, -0.2) is 4.79 Å². The monoisotopic (exact) mass is 361 g/mol. The molecule has 0 bridgehead atoms. The van der Waals surface area contributed by atoms with Crippen molar-refractivity contribution in [2.24, 2.45) is 5.92 Å². The lowest BCUT2D eigenvalue weighted by atomic mass is 9.88. The van der Waals surface area contributed by atoms with Crippen LogP contribution in [0.15, 0.2) is 6.20 Å². The highest BCUT2D eigenvalue weighted by Gasteiger charge is 2.33. The maximum atomic E-state index is 13.2. The van der Waals surface area contributed by atoms with E-state index in [2.05, 4.69) is 5.10 Å². The van der Waals surface area contributed by atoms with E-state index in [1.807, 2.05) is 18.5 Å². The number of hydrogen-bond donors (Lipinski definition) is 1. The van der Waals surface area contributed by atoms with Crippen molar-refractivity contribution < 1.29 is 14.7 Å². The molecule has 1 heterocycles. The number of anilines is 1. The molecular formula is C20H31N3O3. The summed E-state index contributed by atoms with van der Waals surface area (Å²) in [4.78, 5) is 26.7. The number of aromatic nitrogens is 2. The molecule has 3 rings (SSSR count). The van der Waals surface area contributed by atoms with Crippen LogP contribution in [0.1, 0.15) is 94.5 Å². The number of amides is 1. The Morgan fingerprint density at radius 2 is 1.65 bits per heavy atom. The van der Waals surface area contributed by atoms with Crippen LogP contribution in [0, 0.1) is 5.92 Å². The second kappa shape index (κ2) is 8.23. The molecule has 0 aromatic carbocycles. The largest absolute Gasteiger partial charge is 0.477 e. The summed E-state index contributed by atoms with van der Waals surface area (Å²) in [5.74, 6) is -0.651. The number of aromatic carboxylic acids is 1. The molecule has 6 heteroatoms. The molecule has 144 valence electrons. The molecule has 0 saturated heterocycles. The summed E-state index contributed by atoms with van der Waals surface area (Å²) < 4.78 is 1.81. The van der Waals surface area contributed by atoms with Gasteiger partial charge in [-0.15, -0.1) is 0 Å². The molecule has 2 aliphatic carbocycles. The lowest BCUT2D eigenvalue weighted by Gasteiger charge is -2.31. The first-order valence-corrected chi connectivity index (χ1v) is 10.1. The van der Waals surface area contributed by atoms with Crippen LogP contribution < -0.4 is 4.90 Å². The highest BCUT2D eigenvalue weighted by atomic mass is 16.4. The average Bonchev–Trinajstić information content (AvgIpc) is 3.08. The molecule has 0 spiro atoms. The molecule has 1 amide bonds. The van der Waals surface area contributed by atoms with Crippen LogP contribution in [-0.4, -0.2) is 32.8 Å². The van der Waals surface area contributed by atoms with Crippen LogP contribution in [-0.2, 0) is 4.79 Å². The Kier molecular flexibility index (Phi) is 5.99. The van der Waals surface area contributed by atoms with Crippen LogP contribution in [0.3, 0.4) is 0 Å². The molecule has 1 aromatic heterocycles. The van der Waals surface area contributed by atoms with Crippen LogP contribution >= 0.6 is 0 Å². The number of carboxylic acids is 1. The summed E-state index contributed by atoms with van der Waals surface area (Å²) in [6, 6.07) is 0.131. The van der Waals surface area contributed by atoms with Gasteiger partial charge in [0, 0.05) is 18.2 Å². The predicted octanol–water partition coefficient (Wildman–Crippen LogP) is 4.41. The summed E-state index contributed by atoms with van der Waals surface area (Å²) in [6.07, 6.45) is 12.3. The average molecular weight is 361 g/mol. The van der Waals surface area contributed by atoms with E-state index in [1.54, 1.807) is 11.1 Å². The molecule has 1 aromatic rings. The summed E-state index contributed by atoms with van der Waals surface area (Å²) in [6.45, 7) is 3.87.